The van der Waals surface area contributed by atoms with Gasteiger partial charge >= 0.3 is 11.6 Å². The normalized spacial score (nSPS) is 9.71. The lowest BCUT2D eigenvalue weighted by atomic mass is 10.2. The van der Waals surface area contributed by atoms with Crippen LogP contribution in [0.1, 0.15) is 12.5 Å². The zero-order valence-electron chi connectivity index (χ0n) is 11.1. The minimum atomic E-state index is -0.626. The average molecular weight is 285 g/mol. The fraction of sp³-hybridized carbons (Fsp3) is 0.154. The number of nitro groups is 1. The van der Waals surface area contributed by atoms with Gasteiger partial charge in [-0.2, -0.15) is 10.2 Å². The number of hydrogen-bond donors (Lipinski definition) is 1. The summed E-state index contributed by atoms with van der Waals surface area (Å²) >= 11 is 0. The molecule has 0 radical (unpaired) electrons. The van der Waals surface area contributed by atoms with E-state index in [0.29, 0.717) is 17.9 Å². The molecule has 0 saturated carbocycles. The summed E-state index contributed by atoms with van der Waals surface area (Å²) < 4.78 is 5.42. The Bertz CT molecular complexity index is 711. The van der Waals surface area contributed by atoms with E-state index in [1.165, 1.54) is 6.07 Å². The Morgan fingerprint density at radius 3 is 3.00 bits per heavy atom. The van der Waals surface area contributed by atoms with Crippen molar-refractivity contribution in [2.45, 2.75) is 6.92 Å². The minimum Gasteiger partial charge on any atom is -0.434 e. The number of ether oxygens (including phenoxy) is 1. The molecule has 0 unspecified atom stereocenters. The molecule has 8 heteroatoms. The van der Waals surface area contributed by atoms with Crippen LogP contribution in [0.15, 0.2) is 30.5 Å². The van der Waals surface area contributed by atoms with Gasteiger partial charge in [0.2, 0.25) is 5.95 Å². The number of nitrogens with one attached hydrogen (secondary N) is 1. The molecule has 0 fully saturated rings. The van der Waals surface area contributed by atoms with Crippen molar-refractivity contribution in [3.05, 3.63) is 46.1 Å². The van der Waals surface area contributed by atoms with E-state index < -0.39 is 4.92 Å². The van der Waals surface area contributed by atoms with E-state index in [1.54, 1.807) is 18.2 Å². The lowest BCUT2D eigenvalue weighted by molar-refractivity contribution is -0.386. The van der Waals surface area contributed by atoms with Crippen LogP contribution in [-0.4, -0.2) is 21.4 Å². The van der Waals surface area contributed by atoms with E-state index >= 15 is 0 Å². The molecule has 106 valence electrons. The number of nitriles is 1. The van der Waals surface area contributed by atoms with Gasteiger partial charge in [-0.05, 0) is 25.1 Å². The van der Waals surface area contributed by atoms with Gasteiger partial charge in [-0.25, -0.2) is 4.98 Å². The van der Waals surface area contributed by atoms with Crippen molar-refractivity contribution >= 4 is 11.6 Å². The molecule has 1 aromatic carbocycles. The van der Waals surface area contributed by atoms with Crippen LogP contribution < -0.4 is 10.1 Å². The van der Waals surface area contributed by atoms with E-state index in [2.05, 4.69) is 15.3 Å². The highest BCUT2D eigenvalue weighted by molar-refractivity contribution is 5.46. The van der Waals surface area contributed by atoms with Crippen LogP contribution in [0.5, 0.6) is 11.6 Å². The Hall–Kier alpha value is -3.21. The summed E-state index contributed by atoms with van der Waals surface area (Å²) in [5.74, 6) is 0.342. The molecule has 1 heterocycles. The van der Waals surface area contributed by atoms with Crippen molar-refractivity contribution in [2.75, 3.05) is 11.9 Å². The van der Waals surface area contributed by atoms with Gasteiger partial charge in [0.05, 0.1) is 16.6 Å². The van der Waals surface area contributed by atoms with Crippen molar-refractivity contribution < 1.29 is 9.66 Å². The van der Waals surface area contributed by atoms with Crippen molar-refractivity contribution in [1.29, 1.82) is 5.26 Å². The summed E-state index contributed by atoms with van der Waals surface area (Å²) in [5.41, 5.74) is 0.0372. The molecule has 0 spiro atoms. The molecular weight excluding hydrogens is 274 g/mol. The smallest absolute Gasteiger partial charge is 0.349 e. The van der Waals surface area contributed by atoms with Crippen LogP contribution in [-0.2, 0) is 0 Å². The molecule has 0 aliphatic heterocycles. The molecular formula is C13H11N5O3. The summed E-state index contributed by atoms with van der Waals surface area (Å²) in [6.07, 6.45) is 1.08. The third-order valence-electron chi connectivity index (χ3n) is 2.44. The second-order valence-electron chi connectivity index (χ2n) is 3.91. The largest absolute Gasteiger partial charge is 0.434 e. The zero-order chi connectivity index (χ0) is 15.2. The number of benzene rings is 1. The van der Waals surface area contributed by atoms with Crippen LogP contribution >= 0.6 is 0 Å². The first-order chi connectivity index (χ1) is 10.1. The van der Waals surface area contributed by atoms with Crippen LogP contribution in [0.3, 0.4) is 0 Å². The number of anilines is 1. The second-order valence-corrected chi connectivity index (χ2v) is 3.91. The summed E-state index contributed by atoms with van der Waals surface area (Å²) in [4.78, 5) is 18.1. The maximum absolute atomic E-state index is 11.0. The fourth-order valence-corrected chi connectivity index (χ4v) is 1.54. The predicted molar refractivity (Wildman–Crippen MR) is 74.1 cm³/mol. The van der Waals surface area contributed by atoms with Gasteiger partial charge in [0.25, 0.3) is 0 Å². The number of hydrogen-bond acceptors (Lipinski definition) is 7. The van der Waals surface area contributed by atoms with Gasteiger partial charge in [0.1, 0.15) is 11.9 Å². The summed E-state index contributed by atoms with van der Waals surface area (Å²) in [7, 11) is 0. The fourth-order valence-electron chi connectivity index (χ4n) is 1.54. The van der Waals surface area contributed by atoms with Crippen LogP contribution in [0.2, 0.25) is 0 Å². The van der Waals surface area contributed by atoms with E-state index in [9.17, 15) is 10.1 Å². The topological polar surface area (TPSA) is 114 Å². The Morgan fingerprint density at radius 2 is 2.33 bits per heavy atom. The Morgan fingerprint density at radius 1 is 1.52 bits per heavy atom. The van der Waals surface area contributed by atoms with Gasteiger partial charge in [-0.15, -0.1) is 0 Å². The van der Waals surface area contributed by atoms with Crippen LogP contribution in [0.25, 0.3) is 0 Å². The monoisotopic (exact) mass is 285 g/mol. The Labute approximate surface area is 120 Å². The minimum absolute atomic E-state index is 0.180. The highest BCUT2D eigenvalue weighted by Gasteiger charge is 2.19. The summed E-state index contributed by atoms with van der Waals surface area (Å²) in [6, 6.07) is 8.24. The Kier molecular flexibility index (Phi) is 4.26. The molecule has 21 heavy (non-hydrogen) atoms. The summed E-state index contributed by atoms with van der Waals surface area (Å²) in [5, 5.41) is 22.7. The summed E-state index contributed by atoms with van der Waals surface area (Å²) in [6.45, 7) is 2.42. The molecule has 0 aliphatic carbocycles. The molecule has 0 amide bonds. The molecule has 0 bridgehead atoms. The van der Waals surface area contributed by atoms with Gasteiger partial charge in [0, 0.05) is 6.54 Å². The van der Waals surface area contributed by atoms with E-state index in [-0.39, 0.29) is 17.5 Å². The first-order valence-corrected chi connectivity index (χ1v) is 6.07. The molecule has 8 nitrogen and oxygen atoms in total. The van der Waals surface area contributed by atoms with E-state index in [0.717, 1.165) is 6.20 Å². The average Bonchev–Trinajstić information content (AvgIpc) is 2.48. The zero-order valence-corrected chi connectivity index (χ0v) is 11.1. The lowest BCUT2D eigenvalue weighted by Crippen LogP contribution is -2.05. The molecule has 2 aromatic rings. The highest BCUT2D eigenvalue weighted by atomic mass is 16.6. The molecule has 1 aromatic heterocycles. The molecule has 0 aliphatic rings. The van der Waals surface area contributed by atoms with Gasteiger partial charge in [0.15, 0.2) is 0 Å². The van der Waals surface area contributed by atoms with Crippen LogP contribution in [0.4, 0.5) is 11.6 Å². The second kappa shape index (κ2) is 6.29. The number of rotatable bonds is 5. The highest BCUT2D eigenvalue weighted by Crippen LogP contribution is 2.29. The van der Waals surface area contributed by atoms with Gasteiger partial charge in [-0.1, -0.05) is 6.07 Å². The quantitative estimate of drug-likeness (QED) is 0.662. The SMILES string of the molecule is CCNc1ncc([N+](=O)[O-])c(Oc2cccc(C#N)c2)n1. The Balaban J connectivity index is 2.38. The molecule has 0 saturated heterocycles. The van der Waals surface area contributed by atoms with E-state index in [1.807, 2.05) is 13.0 Å². The van der Waals surface area contributed by atoms with Crippen molar-refractivity contribution in [2.24, 2.45) is 0 Å². The standard InChI is InChI=1S/C13H11N5O3/c1-2-15-13-16-8-11(18(19)20)12(17-13)21-10-5-3-4-9(6-10)7-14/h3-6,8H,2H2,1H3,(H,15,16,17). The van der Waals surface area contributed by atoms with Gasteiger partial charge < -0.3 is 10.1 Å². The van der Waals surface area contributed by atoms with Crippen molar-refractivity contribution in [3.8, 4) is 17.7 Å². The molecule has 2 rings (SSSR count). The number of nitrogens with zero attached hydrogens (tertiary/aromatic N) is 4. The third-order valence-corrected chi connectivity index (χ3v) is 2.44. The van der Waals surface area contributed by atoms with E-state index in [4.69, 9.17) is 10.00 Å². The van der Waals surface area contributed by atoms with Crippen molar-refractivity contribution in [3.63, 3.8) is 0 Å². The van der Waals surface area contributed by atoms with Crippen molar-refractivity contribution in [1.82, 2.24) is 9.97 Å². The molecule has 0 atom stereocenters. The number of aromatic nitrogens is 2. The maximum atomic E-state index is 11.0. The third kappa shape index (κ3) is 3.42. The van der Waals surface area contributed by atoms with Crippen LogP contribution in [0, 0.1) is 21.4 Å². The molecule has 1 N–H and O–H groups in total. The first-order valence-electron chi connectivity index (χ1n) is 6.07. The van der Waals surface area contributed by atoms with Gasteiger partial charge in [-0.3, -0.25) is 10.1 Å². The first kappa shape index (κ1) is 14.2. The lowest BCUT2D eigenvalue weighted by Gasteiger charge is -2.07. The predicted octanol–water partition coefficient (Wildman–Crippen LogP) is 2.48. The maximum Gasteiger partial charge on any atom is 0.349 e.